The first-order valence-corrected chi connectivity index (χ1v) is 5.97. The van der Waals surface area contributed by atoms with Gasteiger partial charge in [-0.3, -0.25) is 0 Å². The molecule has 0 aliphatic carbocycles. The summed E-state index contributed by atoms with van der Waals surface area (Å²) in [5, 5.41) is 3.41. The molecule has 0 amide bonds. The molecular formula is C12H18BrN. The molecule has 0 aliphatic rings. The average molecular weight is 256 g/mol. The monoisotopic (exact) mass is 255 g/mol. The van der Waals surface area contributed by atoms with Crippen molar-refractivity contribution in [2.45, 2.75) is 26.7 Å². The average Bonchev–Trinajstić information content (AvgIpc) is 2.12. The predicted octanol–water partition coefficient (Wildman–Crippen LogP) is 4.30. The Kier molecular flexibility index (Phi) is 5.02. The Hall–Kier alpha value is -0.500. The van der Waals surface area contributed by atoms with Crippen LogP contribution in [0.15, 0.2) is 28.7 Å². The Morgan fingerprint density at radius 2 is 2.14 bits per heavy atom. The number of nitrogens with one attached hydrogen (secondary N) is 1. The number of hydrogen-bond donors (Lipinski definition) is 1. The van der Waals surface area contributed by atoms with Crippen molar-refractivity contribution in [1.29, 1.82) is 0 Å². The van der Waals surface area contributed by atoms with Gasteiger partial charge in [0.1, 0.15) is 0 Å². The van der Waals surface area contributed by atoms with E-state index >= 15 is 0 Å². The molecule has 1 aromatic rings. The molecule has 0 atom stereocenters. The molecule has 2 heteroatoms. The van der Waals surface area contributed by atoms with Crippen LogP contribution in [0, 0.1) is 5.92 Å². The smallest absolute Gasteiger partial charge is 0.0351 e. The molecule has 0 aliphatic heterocycles. The normalized spacial score (nSPS) is 10.6. The number of rotatable bonds is 5. The summed E-state index contributed by atoms with van der Waals surface area (Å²) in [6.45, 7) is 5.59. The van der Waals surface area contributed by atoms with Gasteiger partial charge >= 0.3 is 0 Å². The molecule has 0 fully saturated rings. The van der Waals surface area contributed by atoms with Crippen LogP contribution in [0.4, 0.5) is 5.69 Å². The minimum atomic E-state index is 0.805. The Labute approximate surface area is 95.0 Å². The van der Waals surface area contributed by atoms with E-state index < -0.39 is 0 Å². The Bertz CT molecular complexity index is 271. The fourth-order valence-electron chi connectivity index (χ4n) is 1.34. The summed E-state index contributed by atoms with van der Waals surface area (Å²) in [6.07, 6.45) is 2.53. The van der Waals surface area contributed by atoms with Gasteiger partial charge in [0.15, 0.2) is 0 Å². The van der Waals surface area contributed by atoms with Crippen molar-refractivity contribution < 1.29 is 0 Å². The molecule has 0 spiro atoms. The largest absolute Gasteiger partial charge is 0.385 e. The maximum atomic E-state index is 3.45. The van der Waals surface area contributed by atoms with Crippen molar-refractivity contribution in [3.63, 3.8) is 0 Å². The van der Waals surface area contributed by atoms with Crippen LogP contribution in [-0.4, -0.2) is 6.54 Å². The molecule has 0 unspecified atom stereocenters. The van der Waals surface area contributed by atoms with Gasteiger partial charge in [-0.25, -0.2) is 0 Å². The topological polar surface area (TPSA) is 12.0 Å². The zero-order valence-electron chi connectivity index (χ0n) is 8.89. The Morgan fingerprint density at radius 3 is 2.79 bits per heavy atom. The summed E-state index contributed by atoms with van der Waals surface area (Å²) in [5.41, 5.74) is 1.20. The van der Waals surface area contributed by atoms with Crippen molar-refractivity contribution >= 4 is 21.6 Å². The van der Waals surface area contributed by atoms with Crippen LogP contribution in [0.5, 0.6) is 0 Å². The predicted molar refractivity (Wildman–Crippen MR) is 66.7 cm³/mol. The van der Waals surface area contributed by atoms with E-state index in [0.717, 1.165) is 16.9 Å². The van der Waals surface area contributed by atoms with E-state index in [-0.39, 0.29) is 0 Å². The lowest BCUT2D eigenvalue weighted by Crippen LogP contribution is -2.02. The lowest BCUT2D eigenvalue weighted by atomic mass is 10.1. The molecule has 0 heterocycles. The first-order chi connectivity index (χ1) is 6.68. The summed E-state index contributed by atoms with van der Waals surface area (Å²) in [5.74, 6) is 0.805. The van der Waals surface area contributed by atoms with Gasteiger partial charge in [-0.1, -0.05) is 35.8 Å². The summed E-state index contributed by atoms with van der Waals surface area (Å²) in [7, 11) is 0. The zero-order chi connectivity index (χ0) is 10.4. The third-order valence-corrected chi connectivity index (χ3v) is 2.61. The van der Waals surface area contributed by atoms with Gasteiger partial charge in [-0.05, 0) is 37.0 Å². The number of benzene rings is 1. The summed E-state index contributed by atoms with van der Waals surface area (Å²) in [4.78, 5) is 0. The van der Waals surface area contributed by atoms with Gasteiger partial charge in [-0.2, -0.15) is 0 Å². The van der Waals surface area contributed by atoms with Gasteiger partial charge in [0.05, 0.1) is 0 Å². The summed E-state index contributed by atoms with van der Waals surface area (Å²) < 4.78 is 1.13. The number of anilines is 1. The molecule has 14 heavy (non-hydrogen) atoms. The van der Waals surface area contributed by atoms with Crippen LogP contribution in [-0.2, 0) is 0 Å². The van der Waals surface area contributed by atoms with E-state index in [1.54, 1.807) is 0 Å². The van der Waals surface area contributed by atoms with Crippen molar-refractivity contribution in [2.24, 2.45) is 5.92 Å². The van der Waals surface area contributed by atoms with E-state index in [9.17, 15) is 0 Å². The minimum Gasteiger partial charge on any atom is -0.385 e. The summed E-state index contributed by atoms with van der Waals surface area (Å²) in [6, 6.07) is 8.30. The number of hydrogen-bond acceptors (Lipinski definition) is 1. The third-order valence-electron chi connectivity index (χ3n) is 2.11. The van der Waals surface area contributed by atoms with E-state index in [1.807, 2.05) is 6.07 Å². The second kappa shape index (κ2) is 6.07. The highest BCUT2D eigenvalue weighted by Crippen LogP contribution is 2.15. The molecule has 0 saturated heterocycles. The quantitative estimate of drug-likeness (QED) is 0.774. The molecule has 78 valence electrons. The highest BCUT2D eigenvalue weighted by atomic mass is 79.9. The lowest BCUT2D eigenvalue weighted by Gasteiger charge is -2.07. The van der Waals surface area contributed by atoms with Gasteiger partial charge in [0.25, 0.3) is 0 Å². The Morgan fingerprint density at radius 1 is 1.36 bits per heavy atom. The first-order valence-electron chi connectivity index (χ1n) is 5.18. The van der Waals surface area contributed by atoms with Crippen molar-refractivity contribution in [3.05, 3.63) is 28.7 Å². The van der Waals surface area contributed by atoms with Gasteiger partial charge in [0, 0.05) is 16.7 Å². The third kappa shape index (κ3) is 4.66. The molecule has 0 bridgehead atoms. The first kappa shape index (κ1) is 11.6. The Balaban J connectivity index is 2.25. The van der Waals surface area contributed by atoms with Crippen molar-refractivity contribution in [3.8, 4) is 0 Å². The highest BCUT2D eigenvalue weighted by Gasteiger charge is 1.95. The van der Waals surface area contributed by atoms with Gasteiger partial charge in [0.2, 0.25) is 0 Å². The molecule has 1 N–H and O–H groups in total. The fraction of sp³-hybridized carbons (Fsp3) is 0.500. The van der Waals surface area contributed by atoms with E-state index in [4.69, 9.17) is 0 Å². The number of halogens is 1. The van der Waals surface area contributed by atoms with E-state index in [2.05, 4.69) is 53.3 Å². The maximum Gasteiger partial charge on any atom is 0.0351 e. The molecule has 0 saturated carbocycles. The standard InChI is InChI=1S/C12H18BrN/c1-10(2)5-4-8-14-12-7-3-6-11(13)9-12/h3,6-7,9-10,14H,4-5,8H2,1-2H3. The van der Waals surface area contributed by atoms with Crippen LogP contribution in [0.3, 0.4) is 0 Å². The van der Waals surface area contributed by atoms with Crippen LogP contribution >= 0.6 is 15.9 Å². The molecular weight excluding hydrogens is 238 g/mol. The van der Waals surface area contributed by atoms with Gasteiger partial charge in [-0.15, -0.1) is 0 Å². The summed E-state index contributed by atoms with van der Waals surface area (Å²) >= 11 is 3.45. The molecule has 1 nitrogen and oxygen atoms in total. The fourth-order valence-corrected chi connectivity index (χ4v) is 1.74. The van der Waals surface area contributed by atoms with Crippen LogP contribution in [0.2, 0.25) is 0 Å². The molecule has 1 aromatic carbocycles. The highest BCUT2D eigenvalue weighted by molar-refractivity contribution is 9.10. The maximum absolute atomic E-state index is 3.45. The lowest BCUT2D eigenvalue weighted by molar-refractivity contribution is 0.567. The van der Waals surface area contributed by atoms with Gasteiger partial charge < -0.3 is 5.32 Å². The van der Waals surface area contributed by atoms with Crippen molar-refractivity contribution in [1.82, 2.24) is 0 Å². The second-order valence-corrected chi connectivity index (χ2v) is 4.89. The van der Waals surface area contributed by atoms with Crippen LogP contribution in [0.25, 0.3) is 0 Å². The second-order valence-electron chi connectivity index (χ2n) is 3.97. The van der Waals surface area contributed by atoms with Crippen molar-refractivity contribution in [2.75, 3.05) is 11.9 Å². The van der Waals surface area contributed by atoms with Crippen LogP contribution in [0.1, 0.15) is 26.7 Å². The molecule has 0 radical (unpaired) electrons. The molecule has 0 aromatic heterocycles. The zero-order valence-corrected chi connectivity index (χ0v) is 10.5. The molecule has 1 rings (SSSR count). The minimum absolute atomic E-state index is 0.805. The van der Waals surface area contributed by atoms with E-state index in [0.29, 0.717) is 0 Å². The van der Waals surface area contributed by atoms with E-state index in [1.165, 1.54) is 18.5 Å². The SMILES string of the molecule is CC(C)CCCNc1cccc(Br)c1. The van der Waals surface area contributed by atoms with Crippen LogP contribution < -0.4 is 5.32 Å².